The summed E-state index contributed by atoms with van der Waals surface area (Å²) >= 11 is 1.62. The van der Waals surface area contributed by atoms with Gasteiger partial charge in [-0.25, -0.2) is 0 Å². The van der Waals surface area contributed by atoms with Crippen molar-refractivity contribution in [2.24, 2.45) is 0 Å². The summed E-state index contributed by atoms with van der Waals surface area (Å²) in [6.45, 7) is 20.9. The number of allylic oxidation sites excluding steroid dienone is 2. The Morgan fingerprint density at radius 1 is 1.11 bits per heavy atom. The molecule has 0 aliphatic heterocycles. The maximum Gasteiger partial charge on any atom is 0.130 e. The standard InChI is InChI=1S/C16H30N4S.C4H8.C2H6/c1-7-10-14(16(21-6)18-11-8-2)15(17)20(5)13-12-19(4)9-3;1-3-4-2;1-2/h7-8,10,17-18H,2,9,11-13H2,1,3-6H3;3H,1,4H2,2H3;1-2H3/b10-7+,16-14+,17-15?;;. The topological polar surface area (TPSA) is 42.4 Å². The van der Waals surface area contributed by atoms with E-state index in [1.54, 1.807) is 11.8 Å². The van der Waals surface area contributed by atoms with Gasteiger partial charge in [0.25, 0.3) is 0 Å². The van der Waals surface area contributed by atoms with Crippen molar-refractivity contribution in [3.05, 3.63) is 48.1 Å². The summed E-state index contributed by atoms with van der Waals surface area (Å²) in [6.07, 6.45) is 10.8. The van der Waals surface area contributed by atoms with Gasteiger partial charge >= 0.3 is 0 Å². The molecular weight excluding hydrogens is 352 g/mol. The fourth-order valence-corrected chi connectivity index (χ4v) is 2.28. The molecule has 0 bridgehead atoms. The number of hydrogen-bond donors (Lipinski definition) is 2. The van der Waals surface area contributed by atoms with E-state index in [1.807, 2.05) is 63.3 Å². The Bertz CT molecular complexity index is 442. The predicted molar refractivity (Wildman–Crippen MR) is 129 cm³/mol. The van der Waals surface area contributed by atoms with Crippen molar-refractivity contribution in [1.82, 2.24) is 15.1 Å². The monoisotopic (exact) mass is 396 g/mol. The first kappa shape index (κ1) is 30.3. The van der Waals surface area contributed by atoms with E-state index in [4.69, 9.17) is 5.41 Å². The third-order valence-corrected chi connectivity index (χ3v) is 4.24. The lowest BCUT2D eigenvalue weighted by Gasteiger charge is -2.25. The number of likely N-dealkylation sites (N-methyl/N-ethyl adjacent to an activating group) is 2. The molecule has 0 aromatic carbocycles. The lowest BCUT2D eigenvalue weighted by atomic mass is 10.2. The molecule has 0 aliphatic carbocycles. The van der Waals surface area contributed by atoms with Crippen LogP contribution in [-0.4, -0.2) is 62.2 Å². The summed E-state index contributed by atoms with van der Waals surface area (Å²) in [6, 6.07) is 0. The van der Waals surface area contributed by atoms with E-state index in [9.17, 15) is 0 Å². The average molecular weight is 397 g/mol. The minimum absolute atomic E-state index is 0.540. The van der Waals surface area contributed by atoms with E-state index in [2.05, 4.69) is 44.3 Å². The van der Waals surface area contributed by atoms with Crippen molar-refractivity contribution in [3.8, 4) is 0 Å². The lowest BCUT2D eigenvalue weighted by molar-refractivity contribution is 0.318. The second-order valence-electron chi connectivity index (χ2n) is 5.48. The first-order valence-corrected chi connectivity index (χ1v) is 11.0. The van der Waals surface area contributed by atoms with Crippen molar-refractivity contribution in [2.45, 2.75) is 41.0 Å². The Morgan fingerprint density at radius 2 is 1.67 bits per heavy atom. The van der Waals surface area contributed by atoms with Gasteiger partial charge in [0.05, 0.1) is 5.03 Å². The highest BCUT2D eigenvalue weighted by Crippen LogP contribution is 2.17. The minimum Gasteiger partial charge on any atom is -0.376 e. The fraction of sp³-hybridized carbons (Fsp3) is 0.591. The predicted octanol–water partition coefficient (Wildman–Crippen LogP) is 5.38. The molecule has 27 heavy (non-hydrogen) atoms. The van der Waals surface area contributed by atoms with E-state index in [0.29, 0.717) is 12.4 Å². The average Bonchev–Trinajstić information content (AvgIpc) is 2.72. The third kappa shape index (κ3) is 16.4. The van der Waals surface area contributed by atoms with Gasteiger partial charge in [0.2, 0.25) is 0 Å². The molecule has 0 heterocycles. The van der Waals surface area contributed by atoms with E-state index in [0.717, 1.165) is 36.7 Å². The quantitative estimate of drug-likeness (QED) is 0.213. The number of thioether (sulfide) groups is 1. The van der Waals surface area contributed by atoms with Crippen molar-refractivity contribution >= 4 is 17.6 Å². The lowest BCUT2D eigenvalue weighted by Crippen LogP contribution is -2.35. The molecular formula is C22H44N4S. The van der Waals surface area contributed by atoms with Crippen molar-refractivity contribution in [3.63, 3.8) is 0 Å². The summed E-state index contributed by atoms with van der Waals surface area (Å²) in [7, 11) is 4.07. The second kappa shape index (κ2) is 22.6. The molecule has 0 aliphatic rings. The number of amidine groups is 1. The van der Waals surface area contributed by atoms with E-state index < -0.39 is 0 Å². The van der Waals surface area contributed by atoms with Crippen molar-refractivity contribution < 1.29 is 0 Å². The van der Waals surface area contributed by atoms with Crippen molar-refractivity contribution in [1.29, 1.82) is 5.41 Å². The Labute approximate surface area is 174 Å². The second-order valence-corrected chi connectivity index (χ2v) is 6.30. The number of nitrogens with one attached hydrogen (secondary N) is 2. The van der Waals surface area contributed by atoms with Crippen LogP contribution in [0, 0.1) is 5.41 Å². The number of hydrogen-bond acceptors (Lipinski definition) is 4. The normalized spacial score (nSPS) is 10.9. The zero-order chi connectivity index (χ0) is 21.7. The molecule has 158 valence electrons. The fourth-order valence-electron chi connectivity index (χ4n) is 1.67. The van der Waals surface area contributed by atoms with Gasteiger partial charge in [0.1, 0.15) is 5.84 Å². The summed E-state index contributed by atoms with van der Waals surface area (Å²) in [5.74, 6) is 0.540. The molecule has 4 nitrogen and oxygen atoms in total. The summed E-state index contributed by atoms with van der Waals surface area (Å²) in [5, 5.41) is 12.8. The Hall–Kier alpha value is -1.46. The Morgan fingerprint density at radius 3 is 2.04 bits per heavy atom. The molecule has 0 aromatic rings. The van der Waals surface area contributed by atoms with Gasteiger partial charge in [-0.1, -0.05) is 52.0 Å². The van der Waals surface area contributed by atoms with Crippen LogP contribution in [-0.2, 0) is 0 Å². The van der Waals surface area contributed by atoms with Crippen LogP contribution in [0.25, 0.3) is 0 Å². The zero-order valence-electron chi connectivity index (χ0n) is 19.1. The highest BCUT2D eigenvalue weighted by Gasteiger charge is 2.13. The highest BCUT2D eigenvalue weighted by atomic mass is 32.2. The van der Waals surface area contributed by atoms with Crippen LogP contribution in [0.4, 0.5) is 0 Å². The summed E-state index contributed by atoms with van der Waals surface area (Å²) < 4.78 is 0. The van der Waals surface area contributed by atoms with E-state index in [1.165, 1.54) is 0 Å². The Kier molecular flexibility index (Phi) is 25.3. The molecule has 0 unspecified atom stereocenters. The largest absolute Gasteiger partial charge is 0.376 e. The molecule has 0 spiro atoms. The van der Waals surface area contributed by atoms with Crippen LogP contribution >= 0.6 is 11.8 Å². The molecule has 0 aromatic heterocycles. The minimum atomic E-state index is 0.540. The zero-order valence-corrected chi connectivity index (χ0v) is 19.9. The van der Waals surface area contributed by atoms with Gasteiger partial charge in [0.15, 0.2) is 0 Å². The molecule has 0 saturated heterocycles. The number of rotatable bonds is 11. The van der Waals surface area contributed by atoms with Gasteiger partial charge in [-0.15, -0.1) is 24.9 Å². The van der Waals surface area contributed by atoms with Crippen LogP contribution in [0.2, 0.25) is 0 Å². The highest BCUT2D eigenvalue weighted by molar-refractivity contribution is 8.02. The molecule has 0 rings (SSSR count). The first-order valence-electron chi connectivity index (χ1n) is 9.78. The van der Waals surface area contributed by atoms with Gasteiger partial charge in [-0.2, -0.15) is 0 Å². The van der Waals surface area contributed by atoms with Gasteiger partial charge in [0, 0.05) is 32.3 Å². The molecule has 0 amide bonds. The van der Waals surface area contributed by atoms with E-state index >= 15 is 0 Å². The molecule has 0 saturated carbocycles. The summed E-state index contributed by atoms with van der Waals surface area (Å²) in [5.41, 5.74) is 0.925. The maximum absolute atomic E-state index is 8.45. The molecule has 0 fully saturated rings. The van der Waals surface area contributed by atoms with Gasteiger partial charge < -0.3 is 15.1 Å². The molecule has 0 radical (unpaired) electrons. The smallest absolute Gasteiger partial charge is 0.130 e. The van der Waals surface area contributed by atoms with Crippen LogP contribution in [0.3, 0.4) is 0 Å². The number of nitrogens with zero attached hydrogens (tertiary/aromatic N) is 2. The SMILES string of the molecule is C=CCC.C=CCN/C(SC)=C(/C=C/C)C(=N)N(C)CCN(C)CC.CC. The summed E-state index contributed by atoms with van der Waals surface area (Å²) in [4.78, 5) is 4.24. The maximum atomic E-state index is 8.45. The third-order valence-electron chi connectivity index (χ3n) is 3.47. The van der Waals surface area contributed by atoms with Crippen LogP contribution in [0.1, 0.15) is 41.0 Å². The first-order chi connectivity index (χ1) is 12.9. The Balaban J connectivity index is -0.000000841. The van der Waals surface area contributed by atoms with Crippen LogP contribution < -0.4 is 5.32 Å². The molecule has 0 atom stereocenters. The van der Waals surface area contributed by atoms with Gasteiger partial charge in [-0.3, -0.25) is 5.41 Å². The van der Waals surface area contributed by atoms with Gasteiger partial charge in [-0.05, 0) is 33.2 Å². The van der Waals surface area contributed by atoms with Crippen LogP contribution in [0.15, 0.2) is 48.1 Å². The molecule has 2 N–H and O–H groups in total. The van der Waals surface area contributed by atoms with E-state index in [-0.39, 0.29) is 0 Å². The van der Waals surface area contributed by atoms with Crippen LogP contribution in [0.5, 0.6) is 0 Å². The molecule has 5 heteroatoms. The van der Waals surface area contributed by atoms with Crippen molar-refractivity contribution in [2.75, 3.05) is 46.5 Å².